The maximum atomic E-state index is 4.86. The summed E-state index contributed by atoms with van der Waals surface area (Å²) in [5.74, 6) is 1.21. The summed E-state index contributed by atoms with van der Waals surface area (Å²) < 4.78 is 2.33. The number of hydrogen-bond acceptors (Lipinski definition) is 3. The Morgan fingerprint density at radius 3 is 3.00 bits per heavy atom. The minimum absolute atomic E-state index is 0.625. The van der Waals surface area contributed by atoms with Crippen molar-refractivity contribution >= 4 is 11.2 Å². The van der Waals surface area contributed by atoms with Crippen molar-refractivity contribution in [3.8, 4) is 0 Å². The van der Waals surface area contributed by atoms with E-state index in [1.165, 1.54) is 25.2 Å². The van der Waals surface area contributed by atoms with Crippen LogP contribution in [0.5, 0.6) is 0 Å². The fourth-order valence-corrected chi connectivity index (χ4v) is 3.59. The monoisotopic (exact) mass is 286 g/mol. The second-order valence-electron chi connectivity index (χ2n) is 6.36. The number of rotatable bonds is 5. The molecule has 1 fully saturated rings. The quantitative estimate of drug-likeness (QED) is 0.846. The number of hydrogen-bond donors (Lipinski definition) is 0. The van der Waals surface area contributed by atoms with E-state index in [4.69, 9.17) is 4.98 Å². The molecule has 1 aliphatic heterocycles. The molecule has 0 N–H and O–H groups in total. The average Bonchev–Trinajstić information content (AvgIpc) is 3.05. The molecule has 1 aliphatic rings. The third-order valence-electron chi connectivity index (χ3n) is 4.53. The largest absolute Gasteiger partial charge is 0.313 e. The van der Waals surface area contributed by atoms with Crippen LogP contribution < -0.4 is 0 Å². The molecule has 0 saturated carbocycles. The van der Waals surface area contributed by atoms with Gasteiger partial charge in [-0.25, -0.2) is 9.97 Å². The molecule has 21 heavy (non-hydrogen) atoms. The van der Waals surface area contributed by atoms with Crippen LogP contribution in [-0.2, 0) is 13.0 Å². The van der Waals surface area contributed by atoms with Crippen LogP contribution in [0.15, 0.2) is 18.3 Å². The minimum atomic E-state index is 0.625. The third kappa shape index (κ3) is 2.82. The van der Waals surface area contributed by atoms with Gasteiger partial charge in [-0.3, -0.25) is 4.90 Å². The lowest BCUT2D eigenvalue weighted by Crippen LogP contribution is -2.37. The zero-order valence-electron chi connectivity index (χ0n) is 13.4. The number of likely N-dealkylation sites (tertiary alicyclic amines) is 1. The highest BCUT2D eigenvalue weighted by molar-refractivity contribution is 5.71. The SMILES string of the molecule is CCCn1c(CC2CCCN2C(C)C)nc2cccnc21. The van der Waals surface area contributed by atoms with E-state index in [0.717, 1.165) is 30.6 Å². The number of pyridine rings is 1. The van der Waals surface area contributed by atoms with Crippen molar-refractivity contribution in [3.63, 3.8) is 0 Å². The molecule has 2 aromatic heterocycles. The van der Waals surface area contributed by atoms with Gasteiger partial charge in [-0.05, 0) is 51.8 Å². The molecule has 1 atom stereocenters. The summed E-state index contributed by atoms with van der Waals surface area (Å²) >= 11 is 0. The van der Waals surface area contributed by atoms with Crippen LogP contribution in [0.2, 0.25) is 0 Å². The molecule has 1 saturated heterocycles. The van der Waals surface area contributed by atoms with Gasteiger partial charge in [0.1, 0.15) is 11.3 Å². The zero-order chi connectivity index (χ0) is 14.8. The highest BCUT2D eigenvalue weighted by Crippen LogP contribution is 2.24. The summed E-state index contributed by atoms with van der Waals surface area (Å²) in [7, 11) is 0. The van der Waals surface area contributed by atoms with Crippen LogP contribution in [0.25, 0.3) is 11.2 Å². The molecule has 0 spiro atoms. The molecule has 3 rings (SSSR count). The first-order valence-electron chi connectivity index (χ1n) is 8.26. The van der Waals surface area contributed by atoms with Crippen molar-refractivity contribution in [1.82, 2.24) is 19.4 Å². The Bertz CT molecular complexity index is 602. The van der Waals surface area contributed by atoms with E-state index in [2.05, 4.69) is 41.3 Å². The second kappa shape index (κ2) is 6.14. The van der Waals surface area contributed by atoms with Crippen molar-refractivity contribution in [2.24, 2.45) is 0 Å². The van der Waals surface area contributed by atoms with Crippen molar-refractivity contribution in [2.45, 2.75) is 65.1 Å². The topological polar surface area (TPSA) is 34.0 Å². The first-order valence-corrected chi connectivity index (χ1v) is 8.26. The van der Waals surface area contributed by atoms with Crippen molar-refractivity contribution < 1.29 is 0 Å². The fraction of sp³-hybridized carbons (Fsp3) is 0.647. The van der Waals surface area contributed by atoms with Gasteiger partial charge in [0.05, 0.1) is 0 Å². The van der Waals surface area contributed by atoms with Crippen molar-refractivity contribution in [1.29, 1.82) is 0 Å². The Labute approximate surface area is 127 Å². The first kappa shape index (κ1) is 14.5. The number of imidazole rings is 1. The third-order valence-corrected chi connectivity index (χ3v) is 4.53. The van der Waals surface area contributed by atoms with Gasteiger partial charge in [-0.1, -0.05) is 6.92 Å². The summed E-state index contributed by atoms with van der Waals surface area (Å²) in [5.41, 5.74) is 2.08. The molecule has 1 unspecified atom stereocenters. The van der Waals surface area contributed by atoms with Gasteiger partial charge in [0, 0.05) is 31.2 Å². The van der Waals surface area contributed by atoms with Crippen LogP contribution in [0.3, 0.4) is 0 Å². The van der Waals surface area contributed by atoms with Gasteiger partial charge in [-0.15, -0.1) is 0 Å². The van der Waals surface area contributed by atoms with Gasteiger partial charge in [0.2, 0.25) is 0 Å². The highest BCUT2D eigenvalue weighted by atomic mass is 15.2. The van der Waals surface area contributed by atoms with E-state index in [1.54, 1.807) is 0 Å². The Balaban J connectivity index is 1.91. The van der Waals surface area contributed by atoms with Crippen molar-refractivity contribution in [3.05, 3.63) is 24.2 Å². The van der Waals surface area contributed by atoms with Crippen LogP contribution in [0, 0.1) is 0 Å². The zero-order valence-corrected chi connectivity index (χ0v) is 13.4. The summed E-state index contributed by atoms with van der Waals surface area (Å²) in [4.78, 5) is 12.0. The van der Waals surface area contributed by atoms with Gasteiger partial charge in [-0.2, -0.15) is 0 Å². The molecule has 0 radical (unpaired) electrons. The number of nitrogens with zero attached hydrogens (tertiary/aromatic N) is 4. The molecular formula is C17H26N4. The molecule has 0 aliphatic carbocycles. The summed E-state index contributed by atoms with van der Waals surface area (Å²) in [5, 5.41) is 0. The minimum Gasteiger partial charge on any atom is -0.313 e. The molecule has 114 valence electrons. The molecule has 0 bridgehead atoms. The molecule has 3 heterocycles. The van der Waals surface area contributed by atoms with E-state index in [1.807, 2.05) is 12.3 Å². The number of aryl methyl sites for hydroxylation is 1. The predicted octanol–water partition coefficient (Wildman–Crippen LogP) is 3.26. The maximum Gasteiger partial charge on any atom is 0.159 e. The van der Waals surface area contributed by atoms with Gasteiger partial charge in [0.25, 0.3) is 0 Å². The second-order valence-corrected chi connectivity index (χ2v) is 6.36. The molecule has 4 nitrogen and oxygen atoms in total. The molecule has 0 amide bonds. The summed E-state index contributed by atoms with van der Waals surface area (Å²) in [6.07, 6.45) is 6.65. The molecule has 4 heteroatoms. The lowest BCUT2D eigenvalue weighted by molar-refractivity contribution is 0.200. The van der Waals surface area contributed by atoms with E-state index in [0.29, 0.717) is 12.1 Å². The van der Waals surface area contributed by atoms with Crippen LogP contribution in [0.1, 0.15) is 45.9 Å². The highest BCUT2D eigenvalue weighted by Gasteiger charge is 2.28. The number of fused-ring (bicyclic) bond motifs is 1. The molecular weight excluding hydrogens is 260 g/mol. The maximum absolute atomic E-state index is 4.86. The normalized spacial score (nSPS) is 19.9. The Hall–Kier alpha value is -1.42. The van der Waals surface area contributed by atoms with E-state index in [-0.39, 0.29) is 0 Å². The number of aromatic nitrogens is 3. The van der Waals surface area contributed by atoms with E-state index in [9.17, 15) is 0 Å². The predicted molar refractivity (Wildman–Crippen MR) is 86.4 cm³/mol. The smallest absolute Gasteiger partial charge is 0.159 e. The van der Waals surface area contributed by atoms with Crippen molar-refractivity contribution in [2.75, 3.05) is 6.54 Å². The molecule has 2 aromatic rings. The summed E-state index contributed by atoms with van der Waals surface area (Å²) in [6.45, 7) is 9.06. The molecule has 0 aromatic carbocycles. The fourth-order valence-electron chi connectivity index (χ4n) is 3.59. The lowest BCUT2D eigenvalue weighted by Gasteiger charge is -2.28. The van der Waals surface area contributed by atoms with Gasteiger partial charge >= 0.3 is 0 Å². The van der Waals surface area contributed by atoms with Gasteiger partial charge < -0.3 is 4.57 Å². The Morgan fingerprint density at radius 1 is 1.38 bits per heavy atom. The van der Waals surface area contributed by atoms with Crippen LogP contribution in [-0.4, -0.2) is 38.1 Å². The Kier molecular flexibility index (Phi) is 4.24. The Morgan fingerprint density at radius 2 is 2.24 bits per heavy atom. The van der Waals surface area contributed by atoms with Crippen LogP contribution >= 0.6 is 0 Å². The first-order chi connectivity index (χ1) is 10.2. The standard InChI is InChI=1S/C17H26N4/c1-4-10-21-16(19-15-8-5-9-18-17(15)21)12-14-7-6-11-20(14)13(2)3/h5,8-9,13-14H,4,6-7,10-12H2,1-3H3. The summed E-state index contributed by atoms with van der Waals surface area (Å²) in [6, 6.07) is 5.31. The lowest BCUT2D eigenvalue weighted by atomic mass is 10.1. The van der Waals surface area contributed by atoms with E-state index < -0.39 is 0 Å². The van der Waals surface area contributed by atoms with Crippen LogP contribution in [0.4, 0.5) is 0 Å². The van der Waals surface area contributed by atoms with Gasteiger partial charge in [0.15, 0.2) is 5.65 Å². The van der Waals surface area contributed by atoms with E-state index >= 15 is 0 Å². The average molecular weight is 286 g/mol.